The molecule has 0 radical (unpaired) electrons. The lowest BCUT2D eigenvalue weighted by Gasteiger charge is -2.28. The maximum Gasteiger partial charge on any atom is 0.273 e. The zero-order valence-corrected chi connectivity index (χ0v) is 20.5. The number of fused-ring (bicyclic) bond motifs is 1. The van der Waals surface area contributed by atoms with Crippen molar-refractivity contribution in [3.63, 3.8) is 0 Å². The number of benzene rings is 1. The highest BCUT2D eigenvalue weighted by atomic mass is 16.2. The molecule has 0 saturated carbocycles. The van der Waals surface area contributed by atoms with E-state index in [1.807, 2.05) is 6.92 Å². The molecule has 2 N–H and O–H groups in total. The molecule has 2 fully saturated rings. The van der Waals surface area contributed by atoms with Crippen molar-refractivity contribution in [1.29, 1.82) is 0 Å². The van der Waals surface area contributed by atoms with Crippen molar-refractivity contribution < 1.29 is 19.2 Å². The SMILES string of the molecule is CCCC(NC(=O)c1ccc(-c2ncc[nH]2)cc1)C(=O)N1CCC2C1C(=O)CN2C(=O)c1ccccn1. The molecule has 2 aliphatic rings. The van der Waals surface area contributed by atoms with Gasteiger partial charge in [0.25, 0.3) is 11.8 Å². The van der Waals surface area contributed by atoms with Crippen LogP contribution in [0.3, 0.4) is 0 Å². The summed E-state index contributed by atoms with van der Waals surface area (Å²) in [5.74, 6) is -0.442. The van der Waals surface area contributed by atoms with Crippen LogP contribution in [0.25, 0.3) is 11.4 Å². The Balaban J connectivity index is 1.28. The second-order valence-corrected chi connectivity index (χ2v) is 9.28. The Kier molecular flexibility index (Phi) is 6.80. The number of carbonyl (C=O) groups is 4. The van der Waals surface area contributed by atoms with Crippen LogP contribution in [0.4, 0.5) is 0 Å². The van der Waals surface area contributed by atoms with Crippen molar-refractivity contribution in [3.05, 3.63) is 72.3 Å². The van der Waals surface area contributed by atoms with Gasteiger partial charge in [-0.1, -0.05) is 31.5 Å². The number of carbonyl (C=O) groups excluding carboxylic acids is 4. The van der Waals surface area contributed by atoms with Gasteiger partial charge in [-0.05, 0) is 37.1 Å². The number of H-pyrrole nitrogens is 1. The predicted molar refractivity (Wildman–Crippen MR) is 134 cm³/mol. The van der Waals surface area contributed by atoms with Crippen LogP contribution in [-0.2, 0) is 9.59 Å². The molecular formula is C27H28N6O4. The second kappa shape index (κ2) is 10.3. The summed E-state index contributed by atoms with van der Waals surface area (Å²) in [6, 6.07) is 10.2. The number of aromatic amines is 1. The number of ketones is 1. The maximum atomic E-state index is 13.6. The molecule has 3 aromatic rings. The van der Waals surface area contributed by atoms with Gasteiger partial charge in [0.05, 0.1) is 12.6 Å². The lowest BCUT2D eigenvalue weighted by atomic mass is 10.1. The Morgan fingerprint density at radius 1 is 1.08 bits per heavy atom. The van der Waals surface area contributed by atoms with E-state index in [0.29, 0.717) is 37.2 Å². The molecule has 3 atom stereocenters. The van der Waals surface area contributed by atoms with Gasteiger partial charge < -0.3 is 20.1 Å². The van der Waals surface area contributed by atoms with Gasteiger partial charge in [0.15, 0.2) is 5.78 Å². The van der Waals surface area contributed by atoms with Crippen LogP contribution in [-0.4, -0.2) is 79.5 Å². The van der Waals surface area contributed by atoms with Crippen LogP contribution in [0, 0.1) is 0 Å². The van der Waals surface area contributed by atoms with Gasteiger partial charge in [-0.15, -0.1) is 0 Å². The molecular weight excluding hydrogens is 472 g/mol. The zero-order valence-electron chi connectivity index (χ0n) is 20.5. The summed E-state index contributed by atoms with van der Waals surface area (Å²) in [6.07, 6.45) is 6.53. The number of imidazole rings is 1. The fourth-order valence-electron chi connectivity index (χ4n) is 5.17. The molecule has 37 heavy (non-hydrogen) atoms. The van der Waals surface area contributed by atoms with E-state index in [1.54, 1.807) is 59.8 Å². The fourth-order valence-corrected chi connectivity index (χ4v) is 5.17. The number of likely N-dealkylation sites (tertiary alicyclic amines) is 2. The Hall–Kier alpha value is -4.34. The molecule has 3 unspecified atom stereocenters. The molecule has 10 nitrogen and oxygen atoms in total. The van der Waals surface area contributed by atoms with Crippen molar-refractivity contribution in [3.8, 4) is 11.4 Å². The van der Waals surface area contributed by atoms with E-state index in [-0.39, 0.29) is 35.7 Å². The average molecular weight is 501 g/mol. The van der Waals surface area contributed by atoms with E-state index >= 15 is 0 Å². The number of Topliss-reactive ketones (excluding diaryl/α,β-unsaturated/α-hetero) is 1. The highest BCUT2D eigenvalue weighted by Crippen LogP contribution is 2.31. The Labute approximate surface area is 214 Å². The zero-order chi connectivity index (χ0) is 25.9. The number of aromatic nitrogens is 3. The van der Waals surface area contributed by atoms with Crippen LogP contribution in [0.1, 0.15) is 47.0 Å². The molecule has 2 saturated heterocycles. The predicted octanol–water partition coefficient (Wildman–Crippen LogP) is 2.06. The van der Waals surface area contributed by atoms with E-state index in [2.05, 4.69) is 20.3 Å². The minimum absolute atomic E-state index is 0.0542. The van der Waals surface area contributed by atoms with Crippen LogP contribution >= 0.6 is 0 Å². The molecule has 2 aromatic heterocycles. The summed E-state index contributed by atoms with van der Waals surface area (Å²) < 4.78 is 0. The van der Waals surface area contributed by atoms with Crippen molar-refractivity contribution in [1.82, 2.24) is 30.1 Å². The molecule has 2 aliphatic heterocycles. The third-order valence-electron chi connectivity index (χ3n) is 6.95. The second-order valence-electron chi connectivity index (χ2n) is 9.28. The van der Waals surface area contributed by atoms with E-state index in [1.165, 1.54) is 11.1 Å². The van der Waals surface area contributed by atoms with Crippen LogP contribution < -0.4 is 5.32 Å². The summed E-state index contributed by atoms with van der Waals surface area (Å²) in [4.78, 5) is 67.0. The summed E-state index contributed by atoms with van der Waals surface area (Å²) in [7, 11) is 0. The molecule has 3 amide bonds. The number of pyridine rings is 1. The van der Waals surface area contributed by atoms with Crippen molar-refractivity contribution in [2.75, 3.05) is 13.1 Å². The summed E-state index contributed by atoms with van der Waals surface area (Å²) >= 11 is 0. The smallest absolute Gasteiger partial charge is 0.273 e. The summed E-state index contributed by atoms with van der Waals surface area (Å²) in [6.45, 7) is 2.23. The molecule has 190 valence electrons. The minimum atomic E-state index is -0.769. The quantitative estimate of drug-likeness (QED) is 0.511. The normalized spacial score (nSPS) is 19.5. The number of amides is 3. The largest absolute Gasteiger partial charge is 0.345 e. The van der Waals surface area contributed by atoms with Gasteiger partial charge in [-0.2, -0.15) is 0 Å². The van der Waals surface area contributed by atoms with E-state index < -0.39 is 18.1 Å². The molecule has 1 aromatic carbocycles. The molecule has 5 rings (SSSR count). The van der Waals surface area contributed by atoms with Crippen molar-refractivity contribution in [2.45, 2.75) is 44.3 Å². The Morgan fingerprint density at radius 3 is 2.57 bits per heavy atom. The lowest BCUT2D eigenvalue weighted by Crippen LogP contribution is -2.52. The Bertz CT molecular complexity index is 1290. The van der Waals surface area contributed by atoms with Gasteiger partial charge in [-0.25, -0.2) is 4.98 Å². The van der Waals surface area contributed by atoms with Crippen LogP contribution in [0.5, 0.6) is 0 Å². The third kappa shape index (κ3) is 4.74. The van der Waals surface area contributed by atoms with E-state index in [9.17, 15) is 19.2 Å². The number of hydrogen-bond acceptors (Lipinski definition) is 6. The van der Waals surface area contributed by atoms with Crippen LogP contribution in [0.15, 0.2) is 61.1 Å². The number of nitrogens with zero attached hydrogens (tertiary/aromatic N) is 4. The minimum Gasteiger partial charge on any atom is -0.345 e. The van der Waals surface area contributed by atoms with Crippen LogP contribution in [0.2, 0.25) is 0 Å². The fraction of sp³-hybridized carbons (Fsp3) is 0.333. The van der Waals surface area contributed by atoms with E-state index in [0.717, 1.165) is 5.56 Å². The monoisotopic (exact) mass is 500 g/mol. The van der Waals surface area contributed by atoms with Crippen molar-refractivity contribution in [2.24, 2.45) is 0 Å². The highest BCUT2D eigenvalue weighted by Gasteiger charge is 2.52. The highest BCUT2D eigenvalue weighted by molar-refractivity contribution is 6.03. The molecule has 10 heteroatoms. The first kappa shape index (κ1) is 24.4. The Morgan fingerprint density at radius 2 is 1.89 bits per heavy atom. The molecule has 0 spiro atoms. The number of hydrogen-bond donors (Lipinski definition) is 2. The third-order valence-corrected chi connectivity index (χ3v) is 6.95. The van der Waals surface area contributed by atoms with Gasteiger partial charge in [0.2, 0.25) is 5.91 Å². The van der Waals surface area contributed by atoms with E-state index in [4.69, 9.17) is 0 Å². The topological polar surface area (TPSA) is 128 Å². The number of rotatable bonds is 7. The van der Waals surface area contributed by atoms with Gasteiger partial charge in [0.1, 0.15) is 23.6 Å². The summed E-state index contributed by atoms with van der Waals surface area (Å²) in [5, 5.41) is 2.86. The number of nitrogens with one attached hydrogen (secondary N) is 2. The molecule has 0 aliphatic carbocycles. The molecule has 0 bridgehead atoms. The van der Waals surface area contributed by atoms with Crippen molar-refractivity contribution >= 4 is 23.5 Å². The van der Waals surface area contributed by atoms with Gasteiger partial charge >= 0.3 is 0 Å². The maximum absolute atomic E-state index is 13.6. The first-order valence-electron chi connectivity index (χ1n) is 12.4. The first-order valence-corrected chi connectivity index (χ1v) is 12.4. The van der Waals surface area contributed by atoms with Gasteiger partial charge in [0, 0.05) is 36.3 Å². The lowest BCUT2D eigenvalue weighted by molar-refractivity contribution is -0.138. The molecule has 4 heterocycles. The average Bonchev–Trinajstić information content (AvgIpc) is 3.67. The standard InChI is InChI=1S/C27H28N6O4/c1-2-5-20(31-25(35)18-9-7-17(8-10-18)24-29-13-14-30-24)27(37)32-15-11-21-23(32)22(34)16-33(21)26(36)19-6-3-4-12-28-19/h3-4,6-10,12-14,20-21,23H,2,5,11,15-16H2,1H3,(H,29,30)(H,31,35). The summed E-state index contributed by atoms with van der Waals surface area (Å²) in [5.41, 5.74) is 1.54. The first-order chi connectivity index (χ1) is 18.0. The van der Waals surface area contributed by atoms with Gasteiger partial charge in [-0.3, -0.25) is 24.2 Å².